The predicted molar refractivity (Wildman–Crippen MR) is 113 cm³/mol. The summed E-state index contributed by atoms with van der Waals surface area (Å²) in [6.07, 6.45) is 0.482. The van der Waals surface area contributed by atoms with E-state index in [1.807, 2.05) is 18.2 Å². The highest BCUT2D eigenvalue weighted by Gasteiger charge is 2.36. The average molecular weight is 409 g/mol. The number of benzene rings is 2. The maximum Gasteiger partial charge on any atom is 0.350 e. The van der Waals surface area contributed by atoms with Gasteiger partial charge in [0.15, 0.2) is 5.60 Å². The summed E-state index contributed by atoms with van der Waals surface area (Å²) in [5.74, 6) is -0.472. The number of hydrogen-bond acceptors (Lipinski definition) is 5. The number of rotatable bonds is 6. The van der Waals surface area contributed by atoms with Gasteiger partial charge in [0, 0.05) is 6.54 Å². The maximum absolute atomic E-state index is 12.5. The normalized spacial score (nSPS) is 14.0. The number of hydrogen-bond donors (Lipinski definition) is 0. The van der Waals surface area contributed by atoms with Gasteiger partial charge in [0.05, 0.1) is 11.1 Å². The summed E-state index contributed by atoms with van der Waals surface area (Å²) in [7, 11) is 0. The molecule has 3 rings (SSSR count). The number of imide groups is 1. The Morgan fingerprint density at radius 3 is 2.07 bits per heavy atom. The molecule has 1 aliphatic rings. The Bertz CT molecular complexity index is 952. The standard InChI is InChI=1S/C24H27NO5/c1-23(2,3)30-22(28)24(4,5)29-17-10-8-9-16(15-17)13-14-25-20(26)18-11-6-7-12-19(18)21(25)27/h6-12,15H,13-14H2,1-5H3. The summed E-state index contributed by atoms with van der Waals surface area (Å²) >= 11 is 0. The molecule has 2 amide bonds. The third-order valence-electron chi connectivity index (χ3n) is 4.66. The van der Waals surface area contributed by atoms with Crippen LogP contribution in [0.4, 0.5) is 0 Å². The topological polar surface area (TPSA) is 72.9 Å². The molecule has 6 heteroatoms. The molecule has 158 valence electrons. The van der Waals surface area contributed by atoms with Gasteiger partial charge in [-0.15, -0.1) is 0 Å². The molecule has 0 N–H and O–H groups in total. The first-order chi connectivity index (χ1) is 14.0. The van der Waals surface area contributed by atoms with Gasteiger partial charge in [-0.1, -0.05) is 24.3 Å². The molecular formula is C24H27NO5. The van der Waals surface area contributed by atoms with Crippen LogP contribution in [0.15, 0.2) is 48.5 Å². The quantitative estimate of drug-likeness (QED) is 0.532. The van der Waals surface area contributed by atoms with Gasteiger partial charge >= 0.3 is 5.97 Å². The molecule has 0 spiro atoms. The highest BCUT2D eigenvalue weighted by Crippen LogP contribution is 2.25. The third-order valence-corrected chi connectivity index (χ3v) is 4.66. The molecule has 0 unspecified atom stereocenters. The lowest BCUT2D eigenvalue weighted by Gasteiger charge is -2.29. The highest BCUT2D eigenvalue weighted by atomic mass is 16.6. The molecule has 0 aliphatic carbocycles. The number of amides is 2. The molecule has 0 fully saturated rings. The van der Waals surface area contributed by atoms with Crippen molar-refractivity contribution in [3.05, 3.63) is 65.2 Å². The van der Waals surface area contributed by atoms with Crippen LogP contribution < -0.4 is 4.74 Å². The van der Waals surface area contributed by atoms with Crippen molar-refractivity contribution in [2.75, 3.05) is 6.54 Å². The van der Waals surface area contributed by atoms with E-state index in [0.29, 0.717) is 23.3 Å². The van der Waals surface area contributed by atoms with E-state index in [-0.39, 0.29) is 18.4 Å². The molecule has 0 saturated carbocycles. The largest absolute Gasteiger partial charge is 0.476 e. The van der Waals surface area contributed by atoms with Gasteiger partial charge in [-0.25, -0.2) is 4.79 Å². The number of fused-ring (bicyclic) bond motifs is 1. The maximum atomic E-state index is 12.5. The summed E-state index contributed by atoms with van der Waals surface area (Å²) in [5.41, 5.74) is 0.0156. The molecule has 30 heavy (non-hydrogen) atoms. The van der Waals surface area contributed by atoms with Crippen LogP contribution in [0.25, 0.3) is 0 Å². The van der Waals surface area contributed by atoms with Gasteiger partial charge in [0.25, 0.3) is 11.8 Å². The smallest absolute Gasteiger partial charge is 0.350 e. The van der Waals surface area contributed by atoms with E-state index in [4.69, 9.17) is 9.47 Å². The minimum Gasteiger partial charge on any atom is -0.476 e. The lowest BCUT2D eigenvalue weighted by molar-refractivity contribution is -0.170. The van der Waals surface area contributed by atoms with E-state index in [0.717, 1.165) is 5.56 Å². The summed E-state index contributed by atoms with van der Waals surface area (Å²) in [6.45, 7) is 9.01. The van der Waals surface area contributed by atoms with Gasteiger partial charge in [-0.3, -0.25) is 14.5 Å². The van der Waals surface area contributed by atoms with E-state index in [1.54, 1.807) is 65.0 Å². The van der Waals surface area contributed by atoms with Crippen molar-refractivity contribution in [2.45, 2.75) is 52.2 Å². The Morgan fingerprint density at radius 1 is 0.900 bits per heavy atom. The van der Waals surface area contributed by atoms with Crippen LogP contribution in [0.5, 0.6) is 5.75 Å². The van der Waals surface area contributed by atoms with Crippen molar-refractivity contribution in [2.24, 2.45) is 0 Å². The minimum atomic E-state index is -1.16. The second-order valence-electron chi connectivity index (χ2n) is 8.82. The second-order valence-corrected chi connectivity index (χ2v) is 8.82. The van der Waals surface area contributed by atoms with Crippen molar-refractivity contribution in [1.29, 1.82) is 0 Å². The van der Waals surface area contributed by atoms with E-state index in [9.17, 15) is 14.4 Å². The van der Waals surface area contributed by atoms with Crippen LogP contribution in [-0.2, 0) is 16.0 Å². The van der Waals surface area contributed by atoms with Crippen LogP contribution in [0.2, 0.25) is 0 Å². The Hall–Kier alpha value is -3.15. The van der Waals surface area contributed by atoms with Crippen molar-refractivity contribution < 1.29 is 23.9 Å². The highest BCUT2D eigenvalue weighted by molar-refractivity contribution is 6.21. The predicted octanol–water partition coefficient (Wildman–Crippen LogP) is 4.02. The van der Waals surface area contributed by atoms with Crippen LogP contribution >= 0.6 is 0 Å². The Kier molecular flexibility index (Phi) is 5.70. The fraction of sp³-hybridized carbons (Fsp3) is 0.375. The molecule has 2 aromatic carbocycles. The number of carbonyl (C=O) groups is 3. The minimum absolute atomic E-state index is 0.269. The van der Waals surface area contributed by atoms with Gasteiger partial charge in [-0.2, -0.15) is 0 Å². The Balaban J connectivity index is 1.66. The number of nitrogens with zero attached hydrogens (tertiary/aromatic N) is 1. The third kappa shape index (κ3) is 4.70. The van der Waals surface area contributed by atoms with E-state index >= 15 is 0 Å². The first kappa shape index (κ1) is 21.6. The monoisotopic (exact) mass is 409 g/mol. The van der Waals surface area contributed by atoms with Crippen molar-refractivity contribution in [3.8, 4) is 5.75 Å². The summed E-state index contributed by atoms with van der Waals surface area (Å²) in [6, 6.07) is 14.1. The molecule has 6 nitrogen and oxygen atoms in total. The van der Waals surface area contributed by atoms with Gasteiger partial charge in [0.2, 0.25) is 0 Å². The number of esters is 1. The average Bonchev–Trinajstić information content (AvgIpc) is 2.89. The molecule has 1 aliphatic heterocycles. The SMILES string of the molecule is CC(C)(C)OC(=O)C(C)(C)Oc1cccc(CCN2C(=O)c3ccccc3C2=O)c1. The zero-order valence-electron chi connectivity index (χ0n) is 18.0. The molecule has 1 heterocycles. The fourth-order valence-electron chi connectivity index (χ4n) is 3.18. The van der Waals surface area contributed by atoms with Gasteiger partial charge < -0.3 is 9.47 Å². The first-order valence-corrected chi connectivity index (χ1v) is 9.94. The lowest BCUT2D eigenvalue weighted by atomic mass is 10.1. The van der Waals surface area contributed by atoms with E-state index < -0.39 is 17.2 Å². The molecule has 0 atom stereocenters. The van der Waals surface area contributed by atoms with Gasteiger partial charge in [-0.05, 0) is 70.9 Å². The zero-order chi connectivity index (χ0) is 22.1. The van der Waals surface area contributed by atoms with Crippen LogP contribution in [0, 0.1) is 0 Å². The lowest BCUT2D eigenvalue weighted by Crippen LogP contribution is -2.43. The molecule has 0 radical (unpaired) electrons. The van der Waals surface area contributed by atoms with E-state index in [2.05, 4.69) is 0 Å². The van der Waals surface area contributed by atoms with Crippen LogP contribution in [0.3, 0.4) is 0 Å². The molecule has 2 aromatic rings. The molecule has 0 aromatic heterocycles. The Labute approximate surface area is 176 Å². The zero-order valence-corrected chi connectivity index (χ0v) is 18.0. The van der Waals surface area contributed by atoms with Crippen molar-refractivity contribution >= 4 is 17.8 Å². The number of ether oxygens (including phenoxy) is 2. The van der Waals surface area contributed by atoms with Gasteiger partial charge in [0.1, 0.15) is 11.4 Å². The fourth-order valence-corrected chi connectivity index (χ4v) is 3.18. The summed E-state index contributed by atoms with van der Waals surface area (Å²) in [4.78, 5) is 38.7. The first-order valence-electron chi connectivity index (χ1n) is 9.94. The summed E-state index contributed by atoms with van der Waals surface area (Å²) in [5, 5.41) is 0. The Morgan fingerprint density at radius 2 is 1.50 bits per heavy atom. The molecule has 0 bridgehead atoms. The molecule has 0 saturated heterocycles. The van der Waals surface area contributed by atoms with Crippen molar-refractivity contribution in [3.63, 3.8) is 0 Å². The van der Waals surface area contributed by atoms with Crippen molar-refractivity contribution in [1.82, 2.24) is 4.90 Å². The summed E-state index contributed by atoms with van der Waals surface area (Å²) < 4.78 is 11.3. The van der Waals surface area contributed by atoms with Crippen LogP contribution in [0.1, 0.15) is 60.9 Å². The number of carbonyl (C=O) groups excluding carboxylic acids is 3. The van der Waals surface area contributed by atoms with Crippen LogP contribution in [-0.4, -0.2) is 40.4 Å². The molecular weight excluding hydrogens is 382 g/mol. The second kappa shape index (κ2) is 7.94. The van der Waals surface area contributed by atoms with E-state index in [1.165, 1.54) is 4.90 Å².